The van der Waals surface area contributed by atoms with Crippen LogP contribution in [0.2, 0.25) is 0 Å². The molecule has 1 fully saturated rings. The number of hydrogen-bond acceptors (Lipinski definition) is 2. The van der Waals surface area contributed by atoms with Crippen LogP contribution in [0.3, 0.4) is 0 Å². The van der Waals surface area contributed by atoms with Crippen LogP contribution in [0.5, 0.6) is 0 Å². The van der Waals surface area contributed by atoms with Crippen LogP contribution in [-0.2, 0) is 0 Å². The maximum Gasteiger partial charge on any atom is 0.0368 e. The van der Waals surface area contributed by atoms with E-state index in [1.807, 2.05) is 7.05 Å². The highest BCUT2D eigenvalue weighted by molar-refractivity contribution is 5.50. The maximum absolute atomic E-state index is 3.29. The fraction of sp³-hybridized carbons (Fsp3) is 0.647. The van der Waals surface area contributed by atoms with Gasteiger partial charge in [0.25, 0.3) is 0 Å². The third-order valence-electron chi connectivity index (χ3n) is 4.09. The molecule has 1 atom stereocenters. The molecule has 106 valence electrons. The molecule has 0 heterocycles. The maximum atomic E-state index is 3.29. The van der Waals surface area contributed by atoms with Crippen LogP contribution >= 0.6 is 0 Å². The molecular weight excluding hydrogens is 232 g/mol. The molecule has 1 saturated carbocycles. The lowest BCUT2D eigenvalue weighted by atomic mass is 10.1. The standard InChI is InChI=1S/C17H28N2/c1-13(2)11-12-19(17-9-10-17)16-7-5-15(6-8-16)14(3)18-4/h5-8,13-14,17-18H,9-12H2,1-4H3. The van der Waals surface area contributed by atoms with Gasteiger partial charge in [0, 0.05) is 24.3 Å². The van der Waals surface area contributed by atoms with Crippen molar-refractivity contribution >= 4 is 5.69 Å². The summed E-state index contributed by atoms with van der Waals surface area (Å²) in [5.41, 5.74) is 2.76. The molecule has 1 aliphatic carbocycles. The number of anilines is 1. The molecule has 1 aliphatic rings. The van der Waals surface area contributed by atoms with Crippen molar-refractivity contribution in [3.8, 4) is 0 Å². The Morgan fingerprint density at radius 2 is 1.79 bits per heavy atom. The Bertz CT molecular complexity index is 379. The number of benzene rings is 1. The fourth-order valence-corrected chi connectivity index (χ4v) is 2.43. The lowest BCUT2D eigenvalue weighted by Crippen LogP contribution is -2.27. The van der Waals surface area contributed by atoms with Crippen molar-refractivity contribution in [2.24, 2.45) is 5.92 Å². The van der Waals surface area contributed by atoms with Gasteiger partial charge in [0.05, 0.1) is 0 Å². The Labute approximate surface area is 118 Å². The molecular formula is C17H28N2. The van der Waals surface area contributed by atoms with Crippen LogP contribution in [0.25, 0.3) is 0 Å². The summed E-state index contributed by atoms with van der Waals surface area (Å²) in [4.78, 5) is 2.60. The minimum absolute atomic E-state index is 0.430. The van der Waals surface area contributed by atoms with E-state index in [0.29, 0.717) is 6.04 Å². The van der Waals surface area contributed by atoms with E-state index in [2.05, 4.69) is 55.3 Å². The van der Waals surface area contributed by atoms with Crippen molar-refractivity contribution < 1.29 is 0 Å². The third kappa shape index (κ3) is 3.97. The first-order valence-corrected chi connectivity index (χ1v) is 7.65. The Morgan fingerprint density at radius 1 is 1.16 bits per heavy atom. The number of nitrogens with one attached hydrogen (secondary N) is 1. The molecule has 0 spiro atoms. The Hall–Kier alpha value is -1.02. The summed E-state index contributed by atoms with van der Waals surface area (Å²) in [5, 5.41) is 3.29. The van der Waals surface area contributed by atoms with Gasteiger partial charge in [-0.1, -0.05) is 26.0 Å². The summed E-state index contributed by atoms with van der Waals surface area (Å²) in [6.45, 7) is 8.02. The smallest absolute Gasteiger partial charge is 0.0368 e. The van der Waals surface area contributed by atoms with Gasteiger partial charge >= 0.3 is 0 Å². The third-order valence-corrected chi connectivity index (χ3v) is 4.09. The van der Waals surface area contributed by atoms with Crippen molar-refractivity contribution in [3.63, 3.8) is 0 Å². The molecule has 1 N–H and O–H groups in total. The van der Waals surface area contributed by atoms with Crippen LogP contribution in [0.1, 0.15) is 51.6 Å². The van der Waals surface area contributed by atoms with Gasteiger partial charge < -0.3 is 10.2 Å². The zero-order valence-corrected chi connectivity index (χ0v) is 12.8. The van der Waals surface area contributed by atoms with Gasteiger partial charge in [-0.15, -0.1) is 0 Å². The zero-order valence-electron chi connectivity index (χ0n) is 12.8. The van der Waals surface area contributed by atoms with E-state index in [-0.39, 0.29) is 0 Å². The molecule has 0 aliphatic heterocycles. The molecule has 0 radical (unpaired) electrons. The van der Waals surface area contributed by atoms with Gasteiger partial charge in [0.1, 0.15) is 0 Å². The molecule has 2 rings (SSSR count). The highest BCUT2D eigenvalue weighted by Gasteiger charge is 2.29. The summed E-state index contributed by atoms with van der Waals surface area (Å²) in [6, 6.07) is 10.3. The number of nitrogens with zero attached hydrogens (tertiary/aromatic N) is 1. The second-order valence-corrected chi connectivity index (χ2v) is 6.21. The van der Waals surface area contributed by atoms with E-state index < -0.39 is 0 Å². The minimum atomic E-state index is 0.430. The topological polar surface area (TPSA) is 15.3 Å². The van der Waals surface area contributed by atoms with Crippen molar-refractivity contribution in [2.45, 2.75) is 52.1 Å². The van der Waals surface area contributed by atoms with E-state index in [0.717, 1.165) is 12.0 Å². The molecule has 0 aromatic heterocycles. The molecule has 0 amide bonds. The highest BCUT2D eigenvalue weighted by atomic mass is 15.2. The lowest BCUT2D eigenvalue weighted by Gasteiger charge is -2.26. The van der Waals surface area contributed by atoms with E-state index in [1.165, 1.54) is 37.1 Å². The van der Waals surface area contributed by atoms with Crippen molar-refractivity contribution in [2.75, 3.05) is 18.5 Å². The van der Waals surface area contributed by atoms with Gasteiger partial charge in [0.2, 0.25) is 0 Å². The molecule has 0 bridgehead atoms. The predicted octanol–water partition coefficient (Wildman–Crippen LogP) is 3.98. The van der Waals surface area contributed by atoms with E-state index in [9.17, 15) is 0 Å². The first-order valence-electron chi connectivity index (χ1n) is 7.65. The van der Waals surface area contributed by atoms with Crippen molar-refractivity contribution in [1.82, 2.24) is 5.32 Å². The molecule has 19 heavy (non-hydrogen) atoms. The van der Waals surface area contributed by atoms with Gasteiger partial charge in [0.15, 0.2) is 0 Å². The minimum Gasteiger partial charge on any atom is -0.369 e. The molecule has 1 aromatic carbocycles. The Kier molecular flexibility index (Phi) is 4.87. The fourth-order valence-electron chi connectivity index (χ4n) is 2.43. The number of hydrogen-bond donors (Lipinski definition) is 1. The van der Waals surface area contributed by atoms with Crippen LogP contribution in [0.4, 0.5) is 5.69 Å². The average Bonchev–Trinajstić information content (AvgIpc) is 3.23. The predicted molar refractivity (Wildman–Crippen MR) is 83.7 cm³/mol. The normalized spacial score (nSPS) is 16.7. The quantitative estimate of drug-likeness (QED) is 0.797. The lowest BCUT2D eigenvalue weighted by molar-refractivity contribution is 0.570. The van der Waals surface area contributed by atoms with Gasteiger partial charge in [-0.3, -0.25) is 0 Å². The molecule has 2 nitrogen and oxygen atoms in total. The summed E-state index contributed by atoms with van der Waals surface area (Å²) in [6.07, 6.45) is 4.02. The largest absolute Gasteiger partial charge is 0.369 e. The van der Waals surface area contributed by atoms with Crippen molar-refractivity contribution in [3.05, 3.63) is 29.8 Å². The van der Waals surface area contributed by atoms with E-state index in [4.69, 9.17) is 0 Å². The average molecular weight is 260 g/mol. The first kappa shape index (κ1) is 14.4. The highest BCUT2D eigenvalue weighted by Crippen LogP contribution is 2.32. The second kappa shape index (κ2) is 6.42. The van der Waals surface area contributed by atoms with Gasteiger partial charge in [-0.05, 0) is 56.8 Å². The Morgan fingerprint density at radius 3 is 2.26 bits per heavy atom. The summed E-state index contributed by atoms with van der Waals surface area (Å²) < 4.78 is 0. The summed E-state index contributed by atoms with van der Waals surface area (Å²) in [5.74, 6) is 0.782. The van der Waals surface area contributed by atoms with E-state index >= 15 is 0 Å². The summed E-state index contributed by atoms with van der Waals surface area (Å²) in [7, 11) is 2.01. The van der Waals surface area contributed by atoms with Crippen LogP contribution in [-0.4, -0.2) is 19.6 Å². The van der Waals surface area contributed by atoms with E-state index in [1.54, 1.807) is 0 Å². The van der Waals surface area contributed by atoms with Crippen LogP contribution in [0, 0.1) is 5.92 Å². The second-order valence-electron chi connectivity index (χ2n) is 6.21. The Balaban J connectivity index is 2.04. The van der Waals surface area contributed by atoms with Crippen LogP contribution in [0.15, 0.2) is 24.3 Å². The SMILES string of the molecule is CNC(C)c1ccc(N(CCC(C)C)C2CC2)cc1. The summed E-state index contributed by atoms with van der Waals surface area (Å²) >= 11 is 0. The molecule has 1 unspecified atom stereocenters. The van der Waals surface area contributed by atoms with Crippen LogP contribution < -0.4 is 10.2 Å². The van der Waals surface area contributed by atoms with Crippen molar-refractivity contribution in [1.29, 1.82) is 0 Å². The zero-order chi connectivity index (χ0) is 13.8. The van der Waals surface area contributed by atoms with Gasteiger partial charge in [-0.25, -0.2) is 0 Å². The number of rotatable bonds is 7. The molecule has 2 heteroatoms. The molecule has 1 aromatic rings. The molecule has 0 saturated heterocycles. The first-order chi connectivity index (χ1) is 9.11. The van der Waals surface area contributed by atoms with Gasteiger partial charge in [-0.2, -0.15) is 0 Å². The monoisotopic (exact) mass is 260 g/mol.